The van der Waals surface area contributed by atoms with E-state index in [0.717, 1.165) is 22.2 Å². The minimum absolute atomic E-state index is 0. The van der Waals surface area contributed by atoms with Gasteiger partial charge in [-0.05, 0) is 31.0 Å². The molecule has 1 aromatic rings. The second-order valence-corrected chi connectivity index (χ2v) is 4.27. The minimum Gasteiger partial charge on any atom is -0.496 e. The summed E-state index contributed by atoms with van der Waals surface area (Å²) in [6.45, 7) is 0.171. The fourth-order valence-corrected chi connectivity index (χ4v) is 1.84. The molecule has 0 saturated carbocycles. The standard InChI is InChI=1S/C11H16BrNO2.ClH/c1-15-11-5-4-8(12)7-9(11)10(13)3-2-6-14;/h4-5,7,10,14H,2-3,6,13H2,1H3;1H/t10-;/m0./s1. The summed E-state index contributed by atoms with van der Waals surface area (Å²) in [7, 11) is 1.63. The molecule has 1 aromatic carbocycles. The Morgan fingerprint density at radius 3 is 2.75 bits per heavy atom. The Morgan fingerprint density at radius 1 is 1.50 bits per heavy atom. The number of benzene rings is 1. The summed E-state index contributed by atoms with van der Waals surface area (Å²) >= 11 is 3.40. The summed E-state index contributed by atoms with van der Waals surface area (Å²) in [5, 5.41) is 8.75. The third kappa shape index (κ3) is 4.29. The van der Waals surface area contributed by atoms with Crippen LogP contribution in [0.2, 0.25) is 0 Å². The summed E-state index contributed by atoms with van der Waals surface area (Å²) in [4.78, 5) is 0. The fourth-order valence-electron chi connectivity index (χ4n) is 1.46. The molecular weight excluding hydrogens is 293 g/mol. The molecule has 0 heterocycles. The maximum atomic E-state index is 8.75. The lowest BCUT2D eigenvalue weighted by atomic mass is 10.0. The van der Waals surface area contributed by atoms with Crippen LogP contribution < -0.4 is 10.5 Å². The third-order valence-corrected chi connectivity index (χ3v) is 2.76. The highest BCUT2D eigenvalue weighted by Crippen LogP contribution is 2.29. The van der Waals surface area contributed by atoms with Crippen molar-refractivity contribution in [2.45, 2.75) is 18.9 Å². The topological polar surface area (TPSA) is 55.5 Å². The molecule has 0 unspecified atom stereocenters. The molecule has 0 aromatic heterocycles. The van der Waals surface area contributed by atoms with Crippen molar-refractivity contribution in [2.75, 3.05) is 13.7 Å². The maximum Gasteiger partial charge on any atom is 0.123 e. The highest BCUT2D eigenvalue weighted by Gasteiger charge is 2.11. The van der Waals surface area contributed by atoms with Gasteiger partial charge in [-0.1, -0.05) is 15.9 Å². The van der Waals surface area contributed by atoms with Gasteiger partial charge in [-0.2, -0.15) is 0 Å². The lowest BCUT2D eigenvalue weighted by molar-refractivity contribution is 0.279. The van der Waals surface area contributed by atoms with Gasteiger partial charge in [0.1, 0.15) is 5.75 Å². The molecule has 1 rings (SSSR count). The summed E-state index contributed by atoms with van der Waals surface area (Å²) in [6.07, 6.45) is 1.46. The number of aliphatic hydroxyl groups is 1. The van der Waals surface area contributed by atoms with E-state index in [0.29, 0.717) is 6.42 Å². The molecule has 92 valence electrons. The second-order valence-electron chi connectivity index (χ2n) is 3.36. The number of halogens is 2. The van der Waals surface area contributed by atoms with Crippen molar-refractivity contribution in [1.82, 2.24) is 0 Å². The zero-order valence-corrected chi connectivity index (χ0v) is 11.6. The van der Waals surface area contributed by atoms with E-state index in [1.165, 1.54) is 0 Å². The first-order chi connectivity index (χ1) is 7.19. The lowest BCUT2D eigenvalue weighted by Gasteiger charge is -2.15. The van der Waals surface area contributed by atoms with Gasteiger partial charge in [0.25, 0.3) is 0 Å². The van der Waals surface area contributed by atoms with Crippen LogP contribution in [-0.2, 0) is 0 Å². The predicted molar refractivity (Wildman–Crippen MR) is 71.2 cm³/mol. The predicted octanol–water partition coefficient (Wildman–Crippen LogP) is 2.65. The molecule has 0 fully saturated rings. The molecule has 0 saturated heterocycles. The van der Waals surface area contributed by atoms with Gasteiger partial charge in [-0.3, -0.25) is 0 Å². The van der Waals surface area contributed by atoms with Gasteiger partial charge in [-0.15, -0.1) is 12.4 Å². The molecule has 0 aliphatic rings. The molecule has 0 bridgehead atoms. The molecule has 1 atom stereocenters. The number of hydrogen-bond donors (Lipinski definition) is 2. The van der Waals surface area contributed by atoms with Crippen molar-refractivity contribution >= 4 is 28.3 Å². The quantitative estimate of drug-likeness (QED) is 0.879. The van der Waals surface area contributed by atoms with Crippen LogP contribution in [-0.4, -0.2) is 18.8 Å². The molecule has 0 aliphatic heterocycles. The molecule has 0 aliphatic carbocycles. The Labute approximate surface area is 111 Å². The first-order valence-corrected chi connectivity index (χ1v) is 5.68. The average Bonchev–Trinajstić information content (AvgIpc) is 2.25. The van der Waals surface area contributed by atoms with Crippen LogP contribution in [0.3, 0.4) is 0 Å². The zero-order chi connectivity index (χ0) is 11.3. The fraction of sp³-hybridized carbons (Fsp3) is 0.455. The number of nitrogens with two attached hydrogens (primary N) is 1. The summed E-state index contributed by atoms with van der Waals surface area (Å²) in [5.41, 5.74) is 6.99. The maximum absolute atomic E-state index is 8.75. The molecule has 0 amide bonds. The molecular formula is C11H17BrClNO2. The Hall–Kier alpha value is -0.290. The van der Waals surface area contributed by atoms with E-state index in [-0.39, 0.29) is 25.1 Å². The van der Waals surface area contributed by atoms with Crippen LogP contribution in [0.4, 0.5) is 0 Å². The van der Waals surface area contributed by atoms with E-state index in [2.05, 4.69) is 15.9 Å². The molecule has 0 radical (unpaired) electrons. The zero-order valence-electron chi connectivity index (χ0n) is 9.15. The first-order valence-electron chi connectivity index (χ1n) is 4.89. The number of ether oxygens (including phenoxy) is 1. The molecule has 16 heavy (non-hydrogen) atoms. The van der Waals surface area contributed by atoms with E-state index in [9.17, 15) is 0 Å². The summed E-state index contributed by atoms with van der Waals surface area (Å²) < 4.78 is 6.22. The molecule has 5 heteroatoms. The minimum atomic E-state index is -0.0930. The van der Waals surface area contributed by atoms with E-state index in [1.807, 2.05) is 18.2 Å². The lowest BCUT2D eigenvalue weighted by Crippen LogP contribution is -2.12. The Kier molecular flexibility index (Phi) is 7.76. The highest BCUT2D eigenvalue weighted by molar-refractivity contribution is 9.10. The van der Waals surface area contributed by atoms with Gasteiger partial charge in [0.05, 0.1) is 7.11 Å². The van der Waals surface area contributed by atoms with Gasteiger partial charge >= 0.3 is 0 Å². The van der Waals surface area contributed by atoms with Crippen LogP contribution in [0.1, 0.15) is 24.4 Å². The van der Waals surface area contributed by atoms with Gasteiger partial charge in [0, 0.05) is 22.7 Å². The van der Waals surface area contributed by atoms with Crippen molar-refractivity contribution in [3.05, 3.63) is 28.2 Å². The third-order valence-electron chi connectivity index (χ3n) is 2.26. The van der Waals surface area contributed by atoms with E-state index < -0.39 is 0 Å². The highest BCUT2D eigenvalue weighted by atomic mass is 79.9. The number of hydrogen-bond acceptors (Lipinski definition) is 3. The molecule has 0 spiro atoms. The SMILES string of the molecule is COc1ccc(Br)cc1[C@@H](N)CCCO.Cl. The van der Waals surface area contributed by atoms with Gasteiger partial charge in [-0.25, -0.2) is 0 Å². The van der Waals surface area contributed by atoms with Crippen LogP contribution in [0.5, 0.6) is 5.75 Å². The van der Waals surface area contributed by atoms with E-state index >= 15 is 0 Å². The van der Waals surface area contributed by atoms with Gasteiger partial charge in [0.15, 0.2) is 0 Å². The normalized spacial score (nSPS) is 11.8. The summed E-state index contributed by atoms with van der Waals surface area (Å²) in [6, 6.07) is 5.67. The molecule has 3 nitrogen and oxygen atoms in total. The van der Waals surface area contributed by atoms with Crippen molar-refractivity contribution in [3.63, 3.8) is 0 Å². The average molecular weight is 311 g/mol. The first kappa shape index (κ1) is 15.7. The summed E-state index contributed by atoms with van der Waals surface area (Å²) in [5.74, 6) is 0.795. The van der Waals surface area contributed by atoms with E-state index in [1.54, 1.807) is 7.11 Å². The van der Waals surface area contributed by atoms with Crippen molar-refractivity contribution in [3.8, 4) is 5.75 Å². The van der Waals surface area contributed by atoms with Crippen LogP contribution in [0, 0.1) is 0 Å². The van der Waals surface area contributed by atoms with Crippen molar-refractivity contribution < 1.29 is 9.84 Å². The van der Waals surface area contributed by atoms with Crippen LogP contribution in [0.25, 0.3) is 0 Å². The number of rotatable bonds is 5. The largest absolute Gasteiger partial charge is 0.496 e. The van der Waals surface area contributed by atoms with Crippen molar-refractivity contribution in [1.29, 1.82) is 0 Å². The smallest absolute Gasteiger partial charge is 0.123 e. The number of methoxy groups -OCH3 is 1. The monoisotopic (exact) mass is 309 g/mol. The van der Waals surface area contributed by atoms with Gasteiger partial charge < -0.3 is 15.6 Å². The second kappa shape index (κ2) is 7.90. The Morgan fingerprint density at radius 2 is 2.19 bits per heavy atom. The van der Waals surface area contributed by atoms with Crippen LogP contribution >= 0.6 is 28.3 Å². The molecule has 3 N–H and O–H groups in total. The number of aliphatic hydroxyl groups excluding tert-OH is 1. The Bertz CT molecular complexity index is 323. The Balaban J connectivity index is 0.00000225. The van der Waals surface area contributed by atoms with Crippen LogP contribution in [0.15, 0.2) is 22.7 Å². The van der Waals surface area contributed by atoms with E-state index in [4.69, 9.17) is 15.6 Å². The van der Waals surface area contributed by atoms with Gasteiger partial charge in [0.2, 0.25) is 0 Å². The van der Waals surface area contributed by atoms with Crippen molar-refractivity contribution in [2.24, 2.45) is 5.73 Å².